The second-order valence-electron chi connectivity index (χ2n) is 11.1. The first-order valence-corrected chi connectivity index (χ1v) is 16.3. The lowest BCUT2D eigenvalue weighted by Gasteiger charge is -2.13. The molecule has 0 aliphatic rings. The van der Waals surface area contributed by atoms with Gasteiger partial charge in [0.05, 0.1) is 12.3 Å². The minimum Gasteiger partial charge on any atom is -0.481 e. The van der Waals surface area contributed by atoms with Crippen LogP contribution in [0.2, 0.25) is 0 Å². The minimum atomic E-state index is -0.942. The molecule has 1 atom stereocenters. The SMILES string of the molecule is C=CCOC(=O)C(CCCCCCCCCCCCCCCCC/C=C/CCCCCCCC)CC(=O)O. The monoisotopic (exact) mass is 534 g/mol. The van der Waals surface area contributed by atoms with Gasteiger partial charge in [0.15, 0.2) is 0 Å². The Balaban J connectivity index is 3.36. The fourth-order valence-electron chi connectivity index (χ4n) is 5.00. The van der Waals surface area contributed by atoms with Crippen molar-refractivity contribution in [1.29, 1.82) is 0 Å². The molecule has 1 N–H and O–H groups in total. The van der Waals surface area contributed by atoms with Crippen LogP contribution < -0.4 is 0 Å². The molecule has 0 aromatic heterocycles. The third-order valence-electron chi connectivity index (χ3n) is 7.41. The van der Waals surface area contributed by atoms with Crippen LogP contribution in [0.5, 0.6) is 0 Å². The highest BCUT2D eigenvalue weighted by atomic mass is 16.5. The van der Waals surface area contributed by atoms with Crippen molar-refractivity contribution in [3.05, 3.63) is 24.8 Å². The highest BCUT2D eigenvalue weighted by molar-refractivity contribution is 5.79. The molecule has 0 spiro atoms. The van der Waals surface area contributed by atoms with Gasteiger partial charge >= 0.3 is 11.9 Å². The fraction of sp³-hybridized carbons (Fsp3) is 0.824. The molecule has 38 heavy (non-hydrogen) atoms. The van der Waals surface area contributed by atoms with E-state index < -0.39 is 17.9 Å². The van der Waals surface area contributed by atoms with Crippen LogP contribution in [0.3, 0.4) is 0 Å². The molecule has 222 valence electrons. The largest absolute Gasteiger partial charge is 0.481 e. The van der Waals surface area contributed by atoms with Crippen molar-refractivity contribution >= 4 is 11.9 Å². The molecule has 0 amide bonds. The van der Waals surface area contributed by atoms with Crippen molar-refractivity contribution in [3.63, 3.8) is 0 Å². The zero-order chi connectivity index (χ0) is 27.9. The molecule has 0 aliphatic carbocycles. The van der Waals surface area contributed by atoms with Crippen molar-refractivity contribution in [2.75, 3.05) is 6.61 Å². The summed E-state index contributed by atoms with van der Waals surface area (Å²) in [6.07, 6.45) is 37.1. The summed E-state index contributed by atoms with van der Waals surface area (Å²) >= 11 is 0. The highest BCUT2D eigenvalue weighted by Crippen LogP contribution is 2.18. The van der Waals surface area contributed by atoms with Crippen molar-refractivity contribution in [2.45, 2.75) is 167 Å². The highest BCUT2D eigenvalue weighted by Gasteiger charge is 2.22. The van der Waals surface area contributed by atoms with Crippen LogP contribution >= 0.6 is 0 Å². The molecule has 4 nitrogen and oxygen atoms in total. The number of carbonyl (C=O) groups excluding carboxylic acids is 1. The van der Waals surface area contributed by atoms with E-state index in [9.17, 15) is 9.59 Å². The molecular formula is C34H62O4. The normalized spacial score (nSPS) is 12.1. The number of allylic oxidation sites excluding steroid dienone is 2. The summed E-state index contributed by atoms with van der Waals surface area (Å²) in [6, 6.07) is 0. The Morgan fingerprint density at radius 1 is 0.658 bits per heavy atom. The first-order chi connectivity index (χ1) is 18.6. The number of hydrogen-bond donors (Lipinski definition) is 1. The summed E-state index contributed by atoms with van der Waals surface area (Å²) in [5.74, 6) is -1.88. The van der Waals surface area contributed by atoms with Gasteiger partial charge in [0.2, 0.25) is 0 Å². The Hall–Kier alpha value is -1.58. The second-order valence-corrected chi connectivity index (χ2v) is 11.1. The number of aliphatic carboxylic acids is 1. The Labute approximate surface area is 236 Å². The molecule has 1 unspecified atom stereocenters. The van der Waals surface area contributed by atoms with E-state index in [1.54, 1.807) is 0 Å². The summed E-state index contributed by atoms with van der Waals surface area (Å²) in [5.41, 5.74) is 0. The Bertz CT molecular complexity index is 569. The van der Waals surface area contributed by atoms with Crippen LogP contribution in [0.4, 0.5) is 0 Å². The molecule has 0 radical (unpaired) electrons. The van der Waals surface area contributed by atoms with Crippen LogP contribution in [-0.2, 0) is 14.3 Å². The first kappa shape index (κ1) is 36.4. The van der Waals surface area contributed by atoms with Gasteiger partial charge in [-0.15, -0.1) is 0 Å². The van der Waals surface area contributed by atoms with Crippen LogP contribution in [0, 0.1) is 5.92 Å². The van der Waals surface area contributed by atoms with Gasteiger partial charge in [0.1, 0.15) is 6.61 Å². The molecule has 0 rings (SSSR count). The van der Waals surface area contributed by atoms with Gasteiger partial charge in [0, 0.05) is 0 Å². The number of hydrogen-bond acceptors (Lipinski definition) is 3. The van der Waals surface area contributed by atoms with Crippen LogP contribution in [0.1, 0.15) is 167 Å². The van der Waals surface area contributed by atoms with E-state index in [2.05, 4.69) is 25.7 Å². The van der Waals surface area contributed by atoms with Gasteiger partial charge < -0.3 is 9.84 Å². The van der Waals surface area contributed by atoms with Gasteiger partial charge in [-0.3, -0.25) is 9.59 Å². The molecule has 0 heterocycles. The van der Waals surface area contributed by atoms with Crippen molar-refractivity contribution < 1.29 is 19.4 Å². The summed E-state index contributed by atoms with van der Waals surface area (Å²) in [5, 5.41) is 9.02. The van der Waals surface area contributed by atoms with E-state index in [4.69, 9.17) is 9.84 Å². The van der Waals surface area contributed by atoms with E-state index in [1.807, 2.05) is 0 Å². The van der Waals surface area contributed by atoms with Gasteiger partial charge in [-0.25, -0.2) is 0 Å². The predicted octanol–water partition coefficient (Wildman–Crippen LogP) is 10.7. The predicted molar refractivity (Wildman–Crippen MR) is 163 cm³/mol. The van der Waals surface area contributed by atoms with Gasteiger partial charge in [-0.1, -0.05) is 154 Å². The number of esters is 1. The van der Waals surface area contributed by atoms with E-state index in [1.165, 1.54) is 134 Å². The van der Waals surface area contributed by atoms with E-state index >= 15 is 0 Å². The van der Waals surface area contributed by atoms with Gasteiger partial charge in [-0.05, 0) is 32.1 Å². The Morgan fingerprint density at radius 2 is 1.05 bits per heavy atom. The third-order valence-corrected chi connectivity index (χ3v) is 7.41. The number of carbonyl (C=O) groups is 2. The average molecular weight is 535 g/mol. The number of ether oxygens (including phenoxy) is 1. The molecule has 4 heteroatoms. The molecule has 0 fully saturated rings. The lowest BCUT2D eigenvalue weighted by molar-refractivity contribution is -0.152. The van der Waals surface area contributed by atoms with Crippen LogP contribution in [0.15, 0.2) is 24.8 Å². The second kappa shape index (κ2) is 30.0. The van der Waals surface area contributed by atoms with Gasteiger partial charge in [-0.2, -0.15) is 0 Å². The van der Waals surface area contributed by atoms with E-state index in [-0.39, 0.29) is 13.0 Å². The molecular weight excluding hydrogens is 472 g/mol. The molecule has 0 saturated carbocycles. The smallest absolute Gasteiger partial charge is 0.309 e. The molecule has 0 saturated heterocycles. The van der Waals surface area contributed by atoms with Crippen molar-refractivity contribution in [3.8, 4) is 0 Å². The van der Waals surface area contributed by atoms with Crippen LogP contribution in [-0.4, -0.2) is 23.7 Å². The summed E-state index contributed by atoms with van der Waals surface area (Å²) in [6.45, 7) is 5.95. The van der Waals surface area contributed by atoms with Crippen molar-refractivity contribution in [2.24, 2.45) is 5.92 Å². The molecule has 0 aromatic carbocycles. The minimum absolute atomic E-state index is 0.145. The van der Waals surface area contributed by atoms with E-state index in [0.29, 0.717) is 6.42 Å². The lowest BCUT2D eigenvalue weighted by atomic mass is 9.97. The maximum absolute atomic E-state index is 12.0. The summed E-state index contributed by atoms with van der Waals surface area (Å²) < 4.78 is 5.04. The zero-order valence-corrected chi connectivity index (χ0v) is 25.1. The summed E-state index contributed by atoms with van der Waals surface area (Å²) in [4.78, 5) is 23.0. The maximum atomic E-state index is 12.0. The number of carboxylic acid groups (broad SMARTS) is 1. The molecule has 0 aromatic rings. The molecule has 0 bridgehead atoms. The Morgan fingerprint density at radius 3 is 1.45 bits per heavy atom. The number of unbranched alkanes of at least 4 members (excludes halogenated alkanes) is 21. The number of rotatable bonds is 30. The topological polar surface area (TPSA) is 63.6 Å². The maximum Gasteiger partial charge on any atom is 0.309 e. The zero-order valence-electron chi connectivity index (χ0n) is 25.1. The standard InChI is InChI=1S/C34H62O4/c1-3-5-6-7-8-9-10-11-12-13-14-15-16-17-18-19-20-21-22-23-24-25-26-27-28-29-32(31-33(35)36)34(37)38-30-4-2/h4,11-12,32H,2-3,5-10,13-31H2,1H3,(H,35,36)/b12-11+. The van der Waals surface area contributed by atoms with Gasteiger partial charge in [0.25, 0.3) is 0 Å². The quantitative estimate of drug-likeness (QED) is 0.0565. The fourth-order valence-corrected chi connectivity index (χ4v) is 5.00. The first-order valence-electron chi connectivity index (χ1n) is 16.3. The summed E-state index contributed by atoms with van der Waals surface area (Å²) in [7, 11) is 0. The van der Waals surface area contributed by atoms with Crippen LogP contribution in [0.25, 0.3) is 0 Å². The lowest BCUT2D eigenvalue weighted by Crippen LogP contribution is -2.21. The van der Waals surface area contributed by atoms with E-state index in [0.717, 1.165) is 19.3 Å². The Kier molecular flexibility index (Phi) is 28.7. The van der Waals surface area contributed by atoms with Crippen molar-refractivity contribution in [1.82, 2.24) is 0 Å². The average Bonchev–Trinajstić information content (AvgIpc) is 2.90. The molecule has 0 aliphatic heterocycles. The number of carboxylic acids is 1. The third kappa shape index (κ3) is 27.5.